The first kappa shape index (κ1) is 18.7. The summed E-state index contributed by atoms with van der Waals surface area (Å²) in [5.41, 5.74) is 2.72. The van der Waals surface area contributed by atoms with Crippen molar-refractivity contribution in [2.75, 3.05) is 13.1 Å². The number of nitrogens with one attached hydrogen (secondary N) is 1. The van der Waals surface area contributed by atoms with Gasteiger partial charge in [0.15, 0.2) is 0 Å². The summed E-state index contributed by atoms with van der Waals surface area (Å²) in [6.45, 7) is 2.65. The van der Waals surface area contributed by atoms with E-state index in [-0.39, 0.29) is 5.92 Å². The van der Waals surface area contributed by atoms with Gasteiger partial charge in [-0.15, -0.1) is 0 Å². The number of halogens is 3. The number of H-pyrrole nitrogens is 1. The Morgan fingerprint density at radius 3 is 2.86 bits per heavy atom. The summed E-state index contributed by atoms with van der Waals surface area (Å²) in [4.78, 5) is 2.36. The maximum absolute atomic E-state index is 13.1. The smallest absolute Gasteiger partial charge is 0.298 e. The minimum Gasteiger partial charge on any atom is -0.298 e. The van der Waals surface area contributed by atoms with Crippen LogP contribution in [0.15, 0.2) is 42.9 Å². The maximum atomic E-state index is 13.1. The Morgan fingerprint density at radius 1 is 1.25 bits per heavy atom. The van der Waals surface area contributed by atoms with Gasteiger partial charge in [-0.25, -0.2) is 0 Å². The highest BCUT2D eigenvalue weighted by atomic mass is 19.4. The van der Waals surface area contributed by atoms with E-state index in [2.05, 4.69) is 20.2 Å². The van der Waals surface area contributed by atoms with Crippen LogP contribution in [0.1, 0.15) is 35.6 Å². The van der Waals surface area contributed by atoms with Crippen molar-refractivity contribution in [3.63, 3.8) is 0 Å². The van der Waals surface area contributed by atoms with Gasteiger partial charge in [0.05, 0.1) is 18.0 Å². The molecule has 0 radical (unpaired) electrons. The Morgan fingerprint density at radius 2 is 2.11 bits per heavy atom. The van der Waals surface area contributed by atoms with E-state index >= 15 is 0 Å². The third kappa shape index (κ3) is 3.96. The number of nitrogens with zero attached hydrogens (tertiary/aromatic N) is 4. The molecule has 3 heterocycles. The average molecular weight is 389 g/mol. The number of hydrogen-bond donors (Lipinski definition) is 1. The lowest BCUT2D eigenvalue weighted by atomic mass is 9.90. The predicted molar refractivity (Wildman–Crippen MR) is 99.5 cm³/mol. The van der Waals surface area contributed by atoms with E-state index in [9.17, 15) is 13.2 Å². The molecule has 4 rings (SSSR count). The van der Waals surface area contributed by atoms with Gasteiger partial charge < -0.3 is 0 Å². The largest absolute Gasteiger partial charge is 0.416 e. The number of aryl methyl sites for hydroxylation is 1. The van der Waals surface area contributed by atoms with Gasteiger partial charge in [0.1, 0.15) is 0 Å². The van der Waals surface area contributed by atoms with Crippen molar-refractivity contribution in [1.29, 1.82) is 0 Å². The van der Waals surface area contributed by atoms with Gasteiger partial charge in [0.2, 0.25) is 0 Å². The van der Waals surface area contributed by atoms with Crippen LogP contribution in [0, 0.1) is 0 Å². The van der Waals surface area contributed by atoms with Crippen molar-refractivity contribution in [3.05, 3.63) is 59.7 Å². The van der Waals surface area contributed by atoms with Crippen LogP contribution < -0.4 is 0 Å². The molecule has 1 fully saturated rings. The number of hydrogen-bond acceptors (Lipinski definition) is 3. The first-order chi connectivity index (χ1) is 13.4. The molecule has 1 N–H and O–H groups in total. The second-order valence-corrected chi connectivity index (χ2v) is 7.37. The summed E-state index contributed by atoms with van der Waals surface area (Å²) in [5, 5.41) is 11.4. The number of rotatable bonds is 4. The SMILES string of the molecule is Cn1cc(CN2CCC[C@@H](c3[nH]ncc3-c3cccc(C(F)(F)F)c3)C2)cn1. The summed E-state index contributed by atoms with van der Waals surface area (Å²) in [6.07, 6.45) is 3.17. The number of alkyl halides is 3. The fourth-order valence-electron chi connectivity index (χ4n) is 3.95. The molecular weight excluding hydrogens is 367 g/mol. The Kier molecular flexibility index (Phi) is 4.97. The summed E-state index contributed by atoms with van der Waals surface area (Å²) in [6, 6.07) is 5.45. The molecule has 8 heteroatoms. The molecule has 0 saturated carbocycles. The van der Waals surface area contributed by atoms with Gasteiger partial charge in [-0.1, -0.05) is 12.1 Å². The van der Waals surface area contributed by atoms with Crippen LogP contribution in [0.5, 0.6) is 0 Å². The minimum absolute atomic E-state index is 0.206. The molecule has 28 heavy (non-hydrogen) atoms. The second kappa shape index (κ2) is 7.43. The van der Waals surface area contributed by atoms with Gasteiger partial charge in [-0.05, 0) is 37.1 Å². The van der Waals surface area contributed by atoms with Gasteiger partial charge in [-0.2, -0.15) is 23.4 Å². The molecule has 0 amide bonds. The minimum atomic E-state index is -4.36. The van der Waals surface area contributed by atoms with Crippen LogP contribution in [0.3, 0.4) is 0 Å². The highest BCUT2D eigenvalue weighted by Gasteiger charge is 2.31. The van der Waals surface area contributed by atoms with Crippen molar-refractivity contribution in [1.82, 2.24) is 24.9 Å². The second-order valence-electron chi connectivity index (χ2n) is 7.37. The van der Waals surface area contributed by atoms with Crippen molar-refractivity contribution in [2.45, 2.75) is 31.5 Å². The Hall–Kier alpha value is -2.61. The lowest BCUT2D eigenvalue weighted by molar-refractivity contribution is -0.137. The van der Waals surface area contributed by atoms with Gasteiger partial charge in [0.25, 0.3) is 0 Å². The van der Waals surface area contributed by atoms with E-state index in [4.69, 9.17) is 0 Å². The number of aromatic nitrogens is 4. The van der Waals surface area contributed by atoms with E-state index in [1.165, 1.54) is 12.1 Å². The molecule has 3 aromatic rings. The van der Waals surface area contributed by atoms with Crippen LogP contribution in [-0.2, 0) is 19.8 Å². The molecule has 1 atom stereocenters. The van der Waals surface area contributed by atoms with Crippen LogP contribution >= 0.6 is 0 Å². The third-order valence-electron chi connectivity index (χ3n) is 5.25. The molecular formula is C20H22F3N5. The van der Waals surface area contributed by atoms with Gasteiger partial charge in [0, 0.05) is 49.1 Å². The Labute approximate surface area is 161 Å². The van der Waals surface area contributed by atoms with Gasteiger partial charge >= 0.3 is 6.18 Å². The lowest BCUT2D eigenvalue weighted by Crippen LogP contribution is -2.34. The molecule has 0 unspecified atom stereocenters. The molecule has 148 valence electrons. The first-order valence-electron chi connectivity index (χ1n) is 9.31. The summed E-state index contributed by atoms with van der Waals surface area (Å²) >= 11 is 0. The highest BCUT2D eigenvalue weighted by Crippen LogP contribution is 2.36. The van der Waals surface area contributed by atoms with Crippen molar-refractivity contribution in [2.24, 2.45) is 7.05 Å². The highest BCUT2D eigenvalue weighted by molar-refractivity contribution is 5.66. The molecule has 1 aliphatic heterocycles. The van der Waals surface area contributed by atoms with Crippen LogP contribution in [0.25, 0.3) is 11.1 Å². The average Bonchev–Trinajstić information content (AvgIpc) is 3.30. The number of piperidine rings is 1. The number of aromatic amines is 1. The van der Waals surface area contributed by atoms with E-state index in [1.807, 2.05) is 19.4 Å². The summed E-state index contributed by atoms with van der Waals surface area (Å²) < 4.78 is 41.1. The predicted octanol–water partition coefficient (Wildman–Crippen LogP) is 4.21. The maximum Gasteiger partial charge on any atom is 0.416 e. The van der Waals surface area contributed by atoms with Crippen LogP contribution in [0.2, 0.25) is 0 Å². The standard InChI is InChI=1S/C20H22F3N5/c1-27-11-14(9-25-27)12-28-7-3-5-16(13-28)19-18(10-24-26-19)15-4-2-6-17(8-15)20(21,22)23/h2,4,6,8-11,16H,3,5,7,12-13H2,1H3,(H,24,26)/t16-/m1/s1. The monoisotopic (exact) mass is 389 g/mol. The van der Waals surface area contributed by atoms with E-state index in [0.29, 0.717) is 5.56 Å². The summed E-state index contributed by atoms with van der Waals surface area (Å²) in [5.74, 6) is 0.206. The molecule has 0 bridgehead atoms. The number of benzene rings is 1. The molecule has 1 aromatic carbocycles. The van der Waals surface area contributed by atoms with Gasteiger partial charge in [-0.3, -0.25) is 14.7 Å². The molecule has 0 spiro atoms. The quantitative estimate of drug-likeness (QED) is 0.727. The van der Waals surface area contributed by atoms with Crippen molar-refractivity contribution in [3.8, 4) is 11.1 Å². The third-order valence-corrected chi connectivity index (χ3v) is 5.25. The number of likely N-dealkylation sites (tertiary alicyclic amines) is 1. The zero-order valence-corrected chi connectivity index (χ0v) is 15.6. The van der Waals surface area contributed by atoms with Crippen LogP contribution in [-0.4, -0.2) is 38.0 Å². The normalized spacial score (nSPS) is 18.5. The zero-order valence-electron chi connectivity index (χ0n) is 15.6. The Bertz CT molecular complexity index is 943. The fraction of sp³-hybridized carbons (Fsp3) is 0.400. The Balaban J connectivity index is 1.55. The molecule has 2 aromatic heterocycles. The molecule has 1 saturated heterocycles. The molecule has 0 aliphatic carbocycles. The fourth-order valence-corrected chi connectivity index (χ4v) is 3.95. The zero-order chi connectivity index (χ0) is 19.7. The first-order valence-corrected chi connectivity index (χ1v) is 9.31. The topological polar surface area (TPSA) is 49.7 Å². The summed E-state index contributed by atoms with van der Waals surface area (Å²) in [7, 11) is 1.90. The van der Waals surface area contributed by atoms with Crippen molar-refractivity contribution < 1.29 is 13.2 Å². The molecule has 5 nitrogen and oxygen atoms in total. The molecule has 1 aliphatic rings. The lowest BCUT2D eigenvalue weighted by Gasteiger charge is -2.32. The van der Waals surface area contributed by atoms with Crippen LogP contribution in [0.4, 0.5) is 13.2 Å². The van der Waals surface area contributed by atoms with E-state index in [1.54, 1.807) is 16.9 Å². The van der Waals surface area contributed by atoms with E-state index in [0.717, 1.165) is 55.4 Å². The van der Waals surface area contributed by atoms with Crippen molar-refractivity contribution >= 4 is 0 Å². The van der Waals surface area contributed by atoms with E-state index < -0.39 is 11.7 Å².